The molecule has 0 bridgehead atoms. The Morgan fingerprint density at radius 2 is 1.88 bits per heavy atom. The first-order valence-electron chi connectivity index (χ1n) is 5.72. The quantitative estimate of drug-likeness (QED) is 0.571. The van der Waals surface area contributed by atoms with E-state index in [2.05, 4.69) is 0 Å². The Hall–Kier alpha value is -1.22. The summed E-state index contributed by atoms with van der Waals surface area (Å²) < 4.78 is 10.6. The Morgan fingerprint density at radius 1 is 1.12 bits per heavy atom. The van der Waals surface area contributed by atoms with Gasteiger partial charge in [0.05, 0.1) is 12.3 Å². The highest BCUT2D eigenvalue weighted by atomic mass is 16.5. The van der Waals surface area contributed by atoms with Crippen molar-refractivity contribution in [1.82, 2.24) is 0 Å². The van der Waals surface area contributed by atoms with Crippen LogP contribution in [0.3, 0.4) is 0 Å². The van der Waals surface area contributed by atoms with Crippen molar-refractivity contribution in [3.05, 3.63) is 23.8 Å². The molecule has 0 saturated carbocycles. The number of methoxy groups -OCH3 is 1. The highest BCUT2D eigenvalue weighted by Gasteiger charge is 1.99. The summed E-state index contributed by atoms with van der Waals surface area (Å²) in [6.07, 6.45) is 3.25. The predicted molar refractivity (Wildman–Crippen MR) is 66.8 cm³/mol. The van der Waals surface area contributed by atoms with Crippen LogP contribution in [0.25, 0.3) is 0 Å². The number of nitrogen functional groups attached to an aromatic ring is 1. The van der Waals surface area contributed by atoms with Crippen molar-refractivity contribution in [2.45, 2.75) is 26.2 Å². The van der Waals surface area contributed by atoms with Gasteiger partial charge in [-0.15, -0.1) is 0 Å². The number of anilines is 1. The van der Waals surface area contributed by atoms with Gasteiger partial charge in [0.15, 0.2) is 0 Å². The summed E-state index contributed by atoms with van der Waals surface area (Å²) in [5.74, 6) is 0.798. The van der Waals surface area contributed by atoms with E-state index in [4.69, 9.17) is 15.2 Å². The molecule has 0 aliphatic heterocycles. The molecule has 1 rings (SSSR count). The van der Waals surface area contributed by atoms with Crippen LogP contribution in [0.2, 0.25) is 0 Å². The molecule has 2 N–H and O–H groups in total. The highest BCUT2D eigenvalue weighted by molar-refractivity contribution is 5.53. The van der Waals surface area contributed by atoms with Crippen LogP contribution in [0.15, 0.2) is 18.2 Å². The normalized spacial score (nSPS) is 10.4. The van der Waals surface area contributed by atoms with Gasteiger partial charge in [-0.25, -0.2) is 0 Å². The molecule has 0 aliphatic carbocycles. The van der Waals surface area contributed by atoms with E-state index in [-0.39, 0.29) is 0 Å². The van der Waals surface area contributed by atoms with Gasteiger partial charge in [0.25, 0.3) is 0 Å². The summed E-state index contributed by atoms with van der Waals surface area (Å²) in [7, 11) is 1.73. The third-order valence-electron chi connectivity index (χ3n) is 2.42. The maximum absolute atomic E-state index is 5.81. The lowest BCUT2D eigenvalue weighted by Crippen LogP contribution is -2.01. The van der Waals surface area contributed by atoms with Crippen molar-refractivity contribution in [2.75, 3.05) is 26.1 Å². The van der Waals surface area contributed by atoms with Crippen LogP contribution in [-0.2, 0) is 4.74 Å². The fourth-order valence-electron chi connectivity index (χ4n) is 1.47. The summed E-state index contributed by atoms with van der Waals surface area (Å²) in [5.41, 5.74) is 7.69. The third kappa shape index (κ3) is 4.53. The van der Waals surface area contributed by atoms with E-state index < -0.39 is 0 Å². The van der Waals surface area contributed by atoms with Gasteiger partial charge in [-0.05, 0) is 43.9 Å². The number of hydrogen-bond donors (Lipinski definition) is 1. The van der Waals surface area contributed by atoms with Crippen LogP contribution in [0, 0.1) is 6.92 Å². The first kappa shape index (κ1) is 12.8. The van der Waals surface area contributed by atoms with Crippen molar-refractivity contribution in [3.63, 3.8) is 0 Å². The molecule has 90 valence electrons. The SMILES string of the molecule is COCCCCCOc1cc(C)ccc1N. The van der Waals surface area contributed by atoms with Gasteiger partial charge in [-0.3, -0.25) is 0 Å². The second-order valence-electron chi connectivity index (χ2n) is 3.94. The molecular weight excluding hydrogens is 202 g/mol. The van der Waals surface area contributed by atoms with E-state index in [1.54, 1.807) is 7.11 Å². The zero-order valence-electron chi connectivity index (χ0n) is 10.2. The van der Waals surface area contributed by atoms with Crippen LogP contribution in [-0.4, -0.2) is 20.3 Å². The molecule has 16 heavy (non-hydrogen) atoms. The maximum atomic E-state index is 5.81. The van der Waals surface area contributed by atoms with Gasteiger partial charge in [-0.1, -0.05) is 6.07 Å². The van der Waals surface area contributed by atoms with Crippen molar-refractivity contribution >= 4 is 5.69 Å². The number of unbranched alkanes of at least 4 members (excludes halogenated alkanes) is 2. The van der Waals surface area contributed by atoms with Crippen LogP contribution in [0.1, 0.15) is 24.8 Å². The molecule has 0 unspecified atom stereocenters. The average molecular weight is 223 g/mol. The molecule has 0 aliphatic rings. The number of benzene rings is 1. The van der Waals surface area contributed by atoms with E-state index in [1.807, 2.05) is 25.1 Å². The van der Waals surface area contributed by atoms with Gasteiger partial charge in [0, 0.05) is 13.7 Å². The lowest BCUT2D eigenvalue weighted by atomic mass is 10.2. The van der Waals surface area contributed by atoms with Gasteiger partial charge < -0.3 is 15.2 Å². The van der Waals surface area contributed by atoms with Gasteiger partial charge in [0.1, 0.15) is 5.75 Å². The molecule has 0 radical (unpaired) electrons. The summed E-state index contributed by atoms with van der Waals surface area (Å²) in [5, 5.41) is 0. The lowest BCUT2D eigenvalue weighted by molar-refractivity contribution is 0.189. The fourth-order valence-corrected chi connectivity index (χ4v) is 1.47. The van der Waals surface area contributed by atoms with Gasteiger partial charge >= 0.3 is 0 Å². The molecule has 0 atom stereocenters. The molecule has 0 fully saturated rings. The third-order valence-corrected chi connectivity index (χ3v) is 2.42. The molecule has 1 aromatic carbocycles. The molecule has 0 aromatic heterocycles. The zero-order chi connectivity index (χ0) is 11.8. The Kier molecular flexibility index (Phi) is 5.72. The van der Waals surface area contributed by atoms with Crippen LogP contribution in [0.5, 0.6) is 5.75 Å². The minimum Gasteiger partial charge on any atom is -0.491 e. The summed E-state index contributed by atoms with van der Waals surface area (Å²) in [6, 6.07) is 5.85. The summed E-state index contributed by atoms with van der Waals surface area (Å²) >= 11 is 0. The molecule has 0 spiro atoms. The lowest BCUT2D eigenvalue weighted by Gasteiger charge is -2.09. The fraction of sp³-hybridized carbons (Fsp3) is 0.538. The molecule has 0 amide bonds. The zero-order valence-corrected chi connectivity index (χ0v) is 10.2. The topological polar surface area (TPSA) is 44.5 Å². The van der Waals surface area contributed by atoms with Gasteiger partial charge in [-0.2, -0.15) is 0 Å². The molecule has 0 heterocycles. The Bertz CT molecular complexity index is 313. The van der Waals surface area contributed by atoms with Gasteiger partial charge in [0.2, 0.25) is 0 Å². The van der Waals surface area contributed by atoms with Crippen molar-refractivity contribution < 1.29 is 9.47 Å². The number of rotatable bonds is 7. The number of aryl methyl sites for hydroxylation is 1. The second-order valence-corrected chi connectivity index (χ2v) is 3.94. The predicted octanol–water partition coefficient (Wildman–Crippen LogP) is 2.77. The van der Waals surface area contributed by atoms with Crippen molar-refractivity contribution in [3.8, 4) is 5.75 Å². The van der Waals surface area contributed by atoms with E-state index in [0.29, 0.717) is 5.69 Å². The van der Waals surface area contributed by atoms with E-state index in [9.17, 15) is 0 Å². The Labute approximate surface area is 97.6 Å². The Morgan fingerprint density at radius 3 is 2.62 bits per heavy atom. The summed E-state index contributed by atoms with van der Waals surface area (Å²) in [4.78, 5) is 0. The minimum atomic E-state index is 0.711. The maximum Gasteiger partial charge on any atom is 0.142 e. The van der Waals surface area contributed by atoms with E-state index >= 15 is 0 Å². The average Bonchev–Trinajstić information content (AvgIpc) is 2.28. The molecule has 0 saturated heterocycles. The number of ether oxygens (including phenoxy) is 2. The molecule has 3 nitrogen and oxygen atoms in total. The second kappa shape index (κ2) is 7.12. The largest absolute Gasteiger partial charge is 0.491 e. The minimum absolute atomic E-state index is 0.711. The van der Waals surface area contributed by atoms with Crippen LogP contribution >= 0.6 is 0 Å². The molecule has 1 aromatic rings. The monoisotopic (exact) mass is 223 g/mol. The smallest absolute Gasteiger partial charge is 0.142 e. The number of nitrogens with two attached hydrogens (primary N) is 1. The molecular formula is C13H21NO2. The van der Waals surface area contributed by atoms with Crippen molar-refractivity contribution in [2.24, 2.45) is 0 Å². The molecule has 3 heteroatoms. The van der Waals surface area contributed by atoms with Crippen LogP contribution in [0.4, 0.5) is 5.69 Å². The van der Waals surface area contributed by atoms with Crippen molar-refractivity contribution in [1.29, 1.82) is 0 Å². The van der Waals surface area contributed by atoms with E-state index in [0.717, 1.165) is 38.2 Å². The van der Waals surface area contributed by atoms with E-state index in [1.165, 1.54) is 5.56 Å². The number of hydrogen-bond acceptors (Lipinski definition) is 3. The standard InChI is InChI=1S/C13H21NO2/c1-11-6-7-12(14)13(10-11)16-9-5-3-4-8-15-2/h6-7,10H,3-5,8-9,14H2,1-2H3. The first-order chi connectivity index (χ1) is 7.74. The Balaban J connectivity index is 2.23. The highest BCUT2D eigenvalue weighted by Crippen LogP contribution is 2.22. The first-order valence-corrected chi connectivity index (χ1v) is 5.72. The van der Waals surface area contributed by atoms with Crippen LogP contribution < -0.4 is 10.5 Å². The summed E-state index contributed by atoms with van der Waals surface area (Å²) in [6.45, 7) is 3.58.